The highest BCUT2D eigenvalue weighted by molar-refractivity contribution is 5.97. The van der Waals surface area contributed by atoms with Crippen LogP contribution in [0.25, 0.3) is 0 Å². The van der Waals surface area contributed by atoms with E-state index in [1.54, 1.807) is 48.2 Å². The summed E-state index contributed by atoms with van der Waals surface area (Å²) in [6.07, 6.45) is 12.0. The van der Waals surface area contributed by atoms with Gasteiger partial charge in [0.05, 0.1) is 36.8 Å². The molecule has 0 aliphatic carbocycles. The van der Waals surface area contributed by atoms with Gasteiger partial charge < -0.3 is 29.8 Å². The number of carbonyl (C=O) groups is 2. The first-order chi connectivity index (χ1) is 30.3. The second-order valence-electron chi connectivity index (χ2n) is 15.9. The lowest BCUT2D eigenvalue weighted by Crippen LogP contribution is -2.36. The van der Waals surface area contributed by atoms with Crippen molar-refractivity contribution >= 4 is 46.1 Å². The fraction of sp³-hybridized carbons (Fsp3) is 0.375. The van der Waals surface area contributed by atoms with Crippen LogP contribution in [0.3, 0.4) is 0 Å². The van der Waals surface area contributed by atoms with Crippen molar-refractivity contribution < 1.29 is 28.9 Å². The minimum Gasteiger partial charge on any atom is -0.395 e. The van der Waals surface area contributed by atoms with Gasteiger partial charge in [-0.05, 0) is 115 Å². The first-order valence-electron chi connectivity index (χ1n) is 21.7. The number of azo groups is 2. The van der Waals surface area contributed by atoms with Crippen LogP contribution in [0.15, 0.2) is 130 Å². The number of aliphatic hydroxyl groups is 2. The van der Waals surface area contributed by atoms with E-state index in [1.807, 2.05) is 82.7 Å². The van der Waals surface area contributed by atoms with Crippen molar-refractivity contribution in [3.63, 3.8) is 0 Å². The molecule has 2 aliphatic heterocycles. The van der Waals surface area contributed by atoms with Crippen LogP contribution in [0.4, 0.5) is 34.3 Å². The molecule has 0 radical (unpaired) electrons. The maximum absolute atomic E-state index is 13.3. The van der Waals surface area contributed by atoms with E-state index in [4.69, 9.17) is 0 Å². The van der Waals surface area contributed by atoms with E-state index in [9.17, 15) is 19.8 Å². The SMILES string of the molecule is CN(CCC[n+]1cccc(N=Nc2cc3c4c(c2)CCCN4CCC3)c1)C(=O)c1ccc(C(=O)N(C)CCC[n+]2ccccc2N=Nc2ccc(N(CCO)CCO)cc2)cc1. The smallest absolute Gasteiger partial charge is 0.350 e. The van der Waals surface area contributed by atoms with Crippen molar-refractivity contribution in [3.05, 3.63) is 132 Å². The van der Waals surface area contributed by atoms with Crippen molar-refractivity contribution in [1.82, 2.24) is 9.80 Å². The second kappa shape index (κ2) is 21.4. The minimum atomic E-state index is -0.113. The van der Waals surface area contributed by atoms with E-state index in [0.717, 1.165) is 56.0 Å². The predicted molar refractivity (Wildman–Crippen MR) is 239 cm³/mol. The number of anilines is 2. The van der Waals surface area contributed by atoms with Crippen molar-refractivity contribution in [2.24, 2.45) is 20.5 Å². The number of hydrogen-bond acceptors (Lipinski definition) is 10. The highest BCUT2D eigenvalue weighted by atomic mass is 16.3. The van der Waals surface area contributed by atoms with Crippen molar-refractivity contribution in [2.75, 3.05) is 76.4 Å². The molecule has 4 heterocycles. The van der Waals surface area contributed by atoms with E-state index in [-0.39, 0.29) is 25.0 Å². The van der Waals surface area contributed by atoms with E-state index in [1.165, 1.54) is 29.7 Å². The molecule has 7 rings (SSSR count). The molecule has 0 atom stereocenters. The molecule has 2 aliphatic rings. The zero-order valence-corrected chi connectivity index (χ0v) is 35.9. The molecule has 0 fully saturated rings. The molecule has 2 N–H and O–H groups in total. The molecule has 3 aromatic carbocycles. The number of benzene rings is 3. The molecular formula is C48H58N10O4+2. The summed E-state index contributed by atoms with van der Waals surface area (Å²) in [5, 5.41) is 36.8. The van der Waals surface area contributed by atoms with E-state index in [0.29, 0.717) is 61.8 Å². The molecule has 0 spiro atoms. The number of rotatable bonds is 19. The summed E-state index contributed by atoms with van der Waals surface area (Å²) in [6.45, 7) is 5.62. The van der Waals surface area contributed by atoms with Crippen LogP contribution < -0.4 is 18.9 Å². The third kappa shape index (κ3) is 11.3. The summed E-state index contributed by atoms with van der Waals surface area (Å²) in [5.74, 6) is 0.480. The van der Waals surface area contributed by atoms with Crippen molar-refractivity contribution in [1.29, 1.82) is 0 Å². The van der Waals surface area contributed by atoms with E-state index < -0.39 is 0 Å². The number of amides is 2. The third-order valence-electron chi connectivity index (χ3n) is 11.5. The van der Waals surface area contributed by atoms with E-state index in [2.05, 4.69) is 42.1 Å². The molecule has 0 saturated carbocycles. The van der Waals surface area contributed by atoms with Crippen molar-refractivity contribution in [3.8, 4) is 0 Å². The molecule has 0 bridgehead atoms. The summed E-state index contributed by atoms with van der Waals surface area (Å²) in [7, 11) is 3.59. The Kier molecular flexibility index (Phi) is 15.1. The van der Waals surface area contributed by atoms with Gasteiger partial charge in [-0.3, -0.25) is 9.59 Å². The quantitative estimate of drug-likeness (QED) is 0.0684. The van der Waals surface area contributed by atoms with Gasteiger partial charge in [0.1, 0.15) is 17.9 Å². The zero-order chi connectivity index (χ0) is 43.3. The molecule has 0 unspecified atom stereocenters. The molecule has 2 aromatic heterocycles. The molecule has 322 valence electrons. The Hall–Kier alpha value is -6.38. The second-order valence-corrected chi connectivity index (χ2v) is 15.9. The van der Waals surface area contributed by atoms with Crippen LogP contribution in [0.2, 0.25) is 0 Å². The van der Waals surface area contributed by atoms with Crippen LogP contribution in [0.5, 0.6) is 0 Å². The summed E-state index contributed by atoms with van der Waals surface area (Å²) in [5.41, 5.74) is 8.56. The summed E-state index contributed by atoms with van der Waals surface area (Å²) in [6, 6.07) is 28.5. The van der Waals surface area contributed by atoms with Crippen LogP contribution in [0, 0.1) is 0 Å². The van der Waals surface area contributed by atoms with Gasteiger partial charge in [0.15, 0.2) is 12.4 Å². The van der Waals surface area contributed by atoms with Gasteiger partial charge in [0.2, 0.25) is 0 Å². The highest BCUT2D eigenvalue weighted by Gasteiger charge is 2.24. The Balaban J connectivity index is 0.851. The molecule has 5 aromatic rings. The Morgan fingerprint density at radius 1 is 0.645 bits per heavy atom. The van der Waals surface area contributed by atoms with Gasteiger partial charge >= 0.3 is 5.82 Å². The lowest BCUT2D eigenvalue weighted by Gasteiger charge is -2.36. The Morgan fingerprint density at radius 3 is 1.87 bits per heavy atom. The standard InChI is InChI=1S/C48H58N10O4/c1-53(22-8-25-55-24-7-12-42(36-55)50-51-43-34-39-10-5-27-58-28-6-11-40(35-43)46(39)58)47(61)37-14-16-38(17-15-37)48(62)54(2)23-9-29-57-26-4-3-13-45(57)52-49-41-18-20-44(21-19-41)56(30-32-59)31-33-60/h3-4,7,12-21,24,26,34-36,59-60H,5-6,8-11,22-23,25,27-33H2,1-2H3/q+2. The van der Waals surface area contributed by atoms with Crippen LogP contribution in [0.1, 0.15) is 57.5 Å². The lowest BCUT2D eigenvalue weighted by atomic mass is 9.91. The third-order valence-corrected chi connectivity index (χ3v) is 11.5. The highest BCUT2D eigenvalue weighted by Crippen LogP contribution is 2.38. The normalized spacial score (nSPS) is 13.4. The van der Waals surface area contributed by atoms with Gasteiger partial charge in [-0.15, -0.1) is 5.11 Å². The van der Waals surface area contributed by atoms with Gasteiger partial charge in [-0.25, -0.2) is 9.13 Å². The summed E-state index contributed by atoms with van der Waals surface area (Å²) < 4.78 is 4.08. The number of aryl methyl sites for hydroxylation is 4. The number of pyridine rings is 2. The number of nitrogens with zero attached hydrogens (tertiary/aromatic N) is 10. The topological polar surface area (TPSA) is 145 Å². The fourth-order valence-corrected chi connectivity index (χ4v) is 8.23. The number of hydrogen-bond donors (Lipinski definition) is 2. The average molecular weight is 839 g/mol. The zero-order valence-electron chi connectivity index (χ0n) is 35.9. The molecular weight excluding hydrogens is 781 g/mol. The number of carbonyl (C=O) groups excluding carboxylic acids is 2. The maximum atomic E-state index is 13.3. The largest absolute Gasteiger partial charge is 0.395 e. The van der Waals surface area contributed by atoms with E-state index >= 15 is 0 Å². The lowest BCUT2D eigenvalue weighted by molar-refractivity contribution is -0.696. The first-order valence-corrected chi connectivity index (χ1v) is 21.7. The van der Waals surface area contributed by atoms with Gasteiger partial charge in [0.25, 0.3) is 11.8 Å². The monoisotopic (exact) mass is 838 g/mol. The summed E-state index contributed by atoms with van der Waals surface area (Å²) in [4.78, 5) is 34.5. The number of aliphatic hydroxyl groups excluding tert-OH is 2. The molecule has 62 heavy (non-hydrogen) atoms. The predicted octanol–water partition coefficient (Wildman–Crippen LogP) is 6.91. The molecule has 0 saturated heterocycles. The van der Waals surface area contributed by atoms with Gasteiger partial charge in [0, 0.05) is 101 Å². The maximum Gasteiger partial charge on any atom is 0.350 e. The summed E-state index contributed by atoms with van der Waals surface area (Å²) >= 11 is 0. The minimum absolute atomic E-state index is 0.00238. The number of aromatic nitrogens is 2. The van der Waals surface area contributed by atoms with Crippen LogP contribution in [-0.2, 0) is 25.9 Å². The Morgan fingerprint density at radius 2 is 1.24 bits per heavy atom. The Labute approximate surface area is 364 Å². The average Bonchev–Trinajstić information content (AvgIpc) is 3.30. The van der Waals surface area contributed by atoms with Gasteiger partial charge in [-0.2, -0.15) is 5.11 Å². The van der Waals surface area contributed by atoms with Crippen LogP contribution in [-0.4, -0.2) is 98.4 Å². The van der Waals surface area contributed by atoms with Gasteiger partial charge in [-0.1, -0.05) is 6.07 Å². The first kappa shape index (κ1) is 43.7. The molecule has 14 heteroatoms. The van der Waals surface area contributed by atoms with Crippen molar-refractivity contribution in [2.45, 2.75) is 51.6 Å². The molecule has 2 amide bonds. The molecule has 14 nitrogen and oxygen atoms in total. The Bertz CT molecular complexity index is 2310. The van der Waals surface area contributed by atoms with Crippen LogP contribution >= 0.6 is 0 Å². The fourth-order valence-electron chi connectivity index (χ4n) is 8.23.